The predicted octanol–water partition coefficient (Wildman–Crippen LogP) is 1.75. The molecule has 0 saturated carbocycles. The Morgan fingerprint density at radius 2 is 1.69 bits per heavy atom. The number of anilines is 1. The van der Waals surface area contributed by atoms with Crippen LogP contribution in [0.25, 0.3) is 0 Å². The molecule has 3 rings (SSSR count). The minimum Gasteiger partial charge on any atom is -0.461 e. The Balaban J connectivity index is 1.81. The molecule has 6 heteroatoms. The molecule has 0 radical (unpaired) electrons. The number of nitrogen functional groups attached to an aromatic ring is 1. The lowest BCUT2D eigenvalue weighted by atomic mass is 10.3. The first-order valence-corrected chi connectivity index (χ1v) is 7.92. The lowest BCUT2D eigenvalue weighted by Crippen LogP contribution is -2.05. The zero-order chi connectivity index (χ0) is 11.2. The van der Waals surface area contributed by atoms with Crippen molar-refractivity contribution in [2.45, 2.75) is 11.7 Å². The first-order chi connectivity index (χ1) is 7.68. The van der Waals surface area contributed by atoms with E-state index in [4.69, 9.17) is 31.5 Å². The van der Waals surface area contributed by atoms with Crippen molar-refractivity contribution in [2.75, 3.05) is 18.9 Å². The molecule has 2 aliphatic rings. The van der Waals surface area contributed by atoms with Gasteiger partial charge < -0.3 is 19.7 Å². The van der Waals surface area contributed by atoms with Crippen LogP contribution in [0.5, 0.6) is 5.75 Å². The second-order valence-corrected chi connectivity index (χ2v) is 8.22. The molecular weight excluding hydrogens is 245 g/mol. The molecule has 2 heterocycles. The van der Waals surface area contributed by atoms with E-state index in [1.165, 1.54) is 0 Å². The third-order valence-corrected chi connectivity index (χ3v) is 6.89. The molecule has 2 atom stereocenters. The van der Waals surface area contributed by atoms with Gasteiger partial charge in [-0.3, -0.25) is 0 Å². The summed E-state index contributed by atoms with van der Waals surface area (Å²) < 4.78 is 16.5. The summed E-state index contributed by atoms with van der Waals surface area (Å²) in [6.45, 7) is 1.40. The summed E-state index contributed by atoms with van der Waals surface area (Å²) in [4.78, 5) is 0. The average molecular weight is 257 g/mol. The van der Waals surface area contributed by atoms with Crippen LogP contribution < -0.4 is 10.3 Å². The molecule has 0 aromatic heterocycles. The molecule has 4 nitrogen and oxygen atoms in total. The highest BCUT2D eigenvalue weighted by molar-refractivity contribution is 8.13. The average Bonchev–Trinajstić information content (AvgIpc) is 3.14. The topological polar surface area (TPSA) is 60.3 Å². The highest BCUT2D eigenvalue weighted by atomic mass is 32.4. The summed E-state index contributed by atoms with van der Waals surface area (Å²) in [6, 6.07) is 7.27. The van der Waals surface area contributed by atoms with Crippen molar-refractivity contribution in [3.8, 4) is 5.75 Å². The van der Waals surface area contributed by atoms with Crippen LogP contribution in [0.2, 0.25) is 0 Å². The van der Waals surface area contributed by atoms with Gasteiger partial charge in [-0.1, -0.05) is 0 Å². The maximum Gasteiger partial charge on any atom is 0.174 e. The number of hydrogen-bond donors (Lipinski definition) is 1. The van der Waals surface area contributed by atoms with Gasteiger partial charge in [-0.25, -0.2) is 0 Å². The smallest absolute Gasteiger partial charge is 0.174 e. The van der Waals surface area contributed by atoms with Gasteiger partial charge in [0.2, 0.25) is 0 Å². The van der Waals surface area contributed by atoms with Crippen LogP contribution >= 0.6 is 6.26 Å². The van der Waals surface area contributed by atoms with Crippen LogP contribution in [0.15, 0.2) is 24.3 Å². The van der Waals surface area contributed by atoms with E-state index in [0.717, 1.165) is 5.75 Å². The second kappa shape index (κ2) is 3.70. The van der Waals surface area contributed by atoms with E-state index in [1.54, 1.807) is 12.1 Å². The van der Waals surface area contributed by atoms with Crippen molar-refractivity contribution in [2.24, 2.45) is 0 Å². The third kappa shape index (κ3) is 1.96. The van der Waals surface area contributed by atoms with E-state index in [9.17, 15) is 0 Å². The number of hydrogen-bond acceptors (Lipinski definition) is 5. The molecular formula is C10H12NO3PS. The van der Waals surface area contributed by atoms with Crippen LogP contribution in [-0.2, 0) is 21.3 Å². The fourth-order valence-corrected chi connectivity index (χ4v) is 4.55. The molecule has 2 fully saturated rings. The third-order valence-electron chi connectivity index (χ3n) is 2.56. The Kier molecular flexibility index (Phi) is 2.44. The van der Waals surface area contributed by atoms with Gasteiger partial charge in [-0.05, 0) is 36.1 Å². The number of epoxide rings is 2. The molecule has 86 valence electrons. The molecule has 2 unspecified atom stereocenters. The molecule has 1 aromatic carbocycles. The standard InChI is InChI=1S/C10H12NO3PS/c11-7-1-3-8(4-2-7)14-15(16,9-5-12-9)10-6-13-10/h1-4,9-10H,5-6,11H2. The Hall–Kier alpha value is -0.610. The first kappa shape index (κ1) is 10.5. The zero-order valence-electron chi connectivity index (χ0n) is 8.54. The van der Waals surface area contributed by atoms with Gasteiger partial charge >= 0.3 is 0 Å². The molecule has 0 spiro atoms. The molecule has 1 aromatic rings. The van der Waals surface area contributed by atoms with Crippen LogP contribution in [0, 0.1) is 0 Å². The van der Waals surface area contributed by atoms with E-state index in [-0.39, 0.29) is 11.7 Å². The number of ether oxygens (including phenoxy) is 2. The summed E-state index contributed by atoms with van der Waals surface area (Å²) in [5.41, 5.74) is 6.33. The Labute approximate surface area is 98.8 Å². The fraction of sp³-hybridized carbons (Fsp3) is 0.400. The van der Waals surface area contributed by atoms with Gasteiger partial charge in [-0.15, -0.1) is 0 Å². The summed E-state index contributed by atoms with van der Waals surface area (Å²) in [6.07, 6.45) is -2.03. The molecule has 16 heavy (non-hydrogen) atoms. The fourth-order valence-electron chi connectivity index (χ4n) is 1.50. The van der Waals surface area contributed by atoms with Gasteiger partial charge in [-0.2, -0.15) is 0 Å². The summed E-state index contributed by atoms with van der Waals surface area (Å²) in [5, 5.41) is 0. The molecule has 0 aliphatic carbocycles. The van der Waals surface area contributed by atoms with Crippen molar-refractivity contribution >= 4 is 23.8 Å². The second-order valence-electron chi connectivity index (χ2n) is 3.88. The van der Waals surface area contributed by atoms with Crippen molar-refractivity contribution in [3.05, 3.63) is 24.3 Å². The highest BCUT2D eigenvalue weighted by Gasteiger charge is 2.52. The Bertz CT molecular complexity index is 426. The van der Waals surface area contributed by atoms with Crippen molar-refractivity contribution in [1.82, 2.24) is 0 Å². The van der Waals surface area contributed by atoms with Crippen LogP contribution in [0.3, 0.4) is 0 Å². The summed E-state index contributed by atoms with van der Waals surface area (Å²) >= 11 is 5.60. The van der Waals surface area contributed by atoms with Crippen molar-refractivity contribution < 1.29 is 14.0 Å². The lowest BCUT2D eigenvalue weighted by molar-refractivity contribution is 0.421. The molecule has 0 amide bonds. The lowest BCUT2D eigenvalue weighted by Gasteiger charge is -2.19. The predicted molar refractivity (Wildman–Crippen MR) is 65.2 cm³/mol. The molecule has 0 bridgehead atoms. The van der Waals surface area contributed by atoms with Crippen LogP contribution in [0.1, 0.15) is 0 Å². The van der Waals surface area contributed by atoms with Gasteiger partial charge in [0, 0.05) is 5.69 Å². The van der Waals surface area contributed by atoms with E-state index < -0.39 is 6.26 Å². The minimum atomic E-state index is -2.03. The van der Waals surface area contributed by atoms with E-state index >= 15 is 0 Å². The highest BCUT2D eigenvalue weighted by Crippen LogP contribution is 2.64. The van der Waals surface area contributed by atoms with Crippen molar-refractivity contribution in [1.29, 1.82) is 0 Å². The zero-order valence-corrected chi connectivity index (χ0v) is 10.2. The van der Waals surface area contributed by atoms with E-state index in [2.05, 4.69) is 0 Å². The van der Waals surface area contributed by atoms with E-state index in [0.29, 0.717) is 18.9 Å². The van der Waals surface area contributed by atoms with Crippen LogP contribution in [0.4, 0.5) is 5.69 Å². The minimum absolute atomic E-state index is 0.0764. The summed E-state index contributed by atoms with van der Waals surface area (Å²) in [5.74, 6) is 0.906. The van der Waals surface area contributed by atoms with Gasteiger partial charge in [0.15, 0.2) is 6.26 Å². The maximum atomic E-state index is 5.93. The van der Waals surface area contributed by atoms with Gasteiger partial charge in [0.1, 0.15) is 17.4 Å². The molecule has 2 N–H and O–H groups in total. The van der Waals surface area contributed by atoms with E-state index in [1.807, 2.05) is 12.1 Å². The normalized spacial score (nSPS) is 30.5. The van der Waals surface area contributed by atoms with Gasteiger partial charge in [0.25, 0.3) is 0 Å². The monoisotopic (exact) mass is 257 g/mol. The van der Waals surface area contributed by atoms with Crippen LogP contribution in [-0.4, -0.2) is 24.9 Å². The number of nitrogens with two attached hydrogens (primary N) is 1. The largest absolute Gasteiger partial charge is 0.461 e. The Morgan fingerprint density at radius 1 is 1.19 bits per heavy atom. The summed E-state index contributed by atoms with van der Waals surface area (Å²) in [7, 11) is 0. The number of benzene rings is 1. The van der Waals surface area contributed by atoms with Crippen molar-refractivity contribution in [3.63, 3.8) is 0 Å². The maximum absolute atomic E-state index is 5.93. The molecule has 2 saturated heterocycles. The number of rotatable bonds is 4. The first-order valence-electron chi connectivity index (χ1n) is 5.06. The Morgan fingerprint density at radius 3 is 2.12 bits per heavy atom. The van der Waals surface area contributed by atoms with Gasteiger partial charge in [0.05, 0.1) is 13.2 Å². The quantitative estimate of drug-likeness (QED) is 0.506. The SMILES string of the molecule is Nc1ccc(OP(=S)(C2CO2)C2CO2)cc1. The molecule has 2 aliphatic heterocycles.